The van der Waals surface area contributed by atoms with Gasteiger partial charge in [-0.25, -0.2) is 0 Å². The van der Waals surface area contributed by atoms with E-state index < -0.39 is 23.3 Å². The molecule has 2 bridgehead atoms. The van der Waals surface area contributed by atoms with Crippen LogP contribution in [0.1, 0.15) is 63.4 Å². The third kappa shape index (κ3) is 4.40. The molecule has 6 nitrogen and oxygen atoms in total. The van der Waals surface area contributed by atoms with Gasteiger partial charge in [-0.15, -0.1) is 0 Å². The van der Waals surface area contributed by atoms with Gasteiger partial charge in [-0.05, 0) is 69.8 Å². The monoisotopic (exact) mass is 426 g/mol. The molecular formula is C25H34N2O4. The summed E-state index contributed by atoms with van der Waals surface area (Å²) in [5, 5.41) is 0. The number of hydrogen-bond donors (Lipinski definition) is 0. The van der Waals surface area contributed by atoms with Crippen molar-refractivity contribution in [3.63, 3.8) is 0 Å². The smallest absolute Gasteiger partial charge is 0.294 e. The number of nitrogens with zero attached hydrogens (tertiary/aromatic N) is 2. The van der Waals surface area contributed by atoms with Gasteiger partial charge in [-0.1, -0.05) is 30.3 Å². The molecule has 2 saturated heterocycles. The number of rotatable bonds is 8. The summed E-state index contributed by atoms with van der Waals surface area (Å²) in [7, 11) is 1.52. The molecule has 2 atom stereocenters. The average Bonchev–Trinajstić information content (AvgIpc) is 3.30. The highest BCUT2D eigenvalue weighted by molar-refractivity contribution is 6.39. The third-order valence-electron chi connectivity index (χ3n) is 7.40. The predicted molar refractivity (Wildman–Crippen MR) is 117 cm³/mol. The molecule has 1 aromatic carbocycles. The molecule has 1 aromatic rings. The SMILES string of the molecule is COC1(C(=O)C(=O)N2C3CCCC2C(=O)N(CCCCc2ccccc2)C3)CCCC1. The number of piperidine rings is 1. The van der Waals surface area contributed by atoms with E-state index in [9.17, 15) is 14.4 Å². The van der Waals surface area contributed by atoms with E-state index >= 15 is 0 Å². The van der Waals surface area contributed by atoms with Gasteiger partial charge in [0.25, 0.3) is 11.7 Å². The van der Waals surface area contributed by atoms with Crippen molar-refractivity contribution >= 4 is 17.6 Å². The summed E-state index contributed by atoms with van der Waals surface area (Å²) in [6, 6.07) is 9.84. The van der Waals surface area contributed by atoms with Crippen LogP contribution in [0, 0.1) is 0 Å². The van der Waals surface area contributed by atoms with Crippen LogP contribution in [0.5, 0.6) is 0 Å². The van der Waals surface area contributed by atoms with E-state index in [1.165, 1.54) is 12.7 Å². The van der Waals surface area contributed by atoms with Crippen molar-refractivity contribution in [3.05, 3.63) is 35.9 Å². The van der Waals surface area contributed by atoms with Crippen molar-refractivity contribution < 1.29 is 19.1 Å². The molecule has 1 aliphatic carbocycles. The summed E-state index contributed by atoms with van der Waals surface area (Å²) in [6.45, 7) is 1.26. The minimum absolute atomic E-state index is 0.00898. The predicted octanol–water partition coefficient (Wildman–Crippen LogP) is 3.13. The Kier molecular flexibility index (Phi) is 6.75. The number of aryl methyl sites for hydroxylation is 1. The van der Waals surface area contributed by atoms with Gasteiger partial charge >= 0.3 is 0 Å². The van der Waals surface area contributed by atoms with Crippen LogP contribution < -0.4 is 0 Å². The molecule has 0 radical (unpaired) electrons. The number of carbonyl (C=O) groups is 3. The summed E-state index contributed by atoms with van der Waals surface area (Å²) in [5.74, 6) is -0.946. The van der Waals surface area contributed by atoms with E-state index in [0.717, 1.165) is 51.5 Å². The number of amides is 2. The summed E-state index contributed by atoms with van der Waals surface area (Å²) in [6.07, 6.45) is 8.39. The lowest BCUT2D eigenvalue weighted by atomic mass is 9.87. The Morgan fingerprint density at radius 1 is 1.06 bits per heavy atom. The number of hydrogen-bond acceptors (Lipinski definition) is 4. The second kappa shape index (κ2) is 9.51. The largest absolute Gasteiger partial charge is 0.370 e. The summed E-state index contributed by atoms with van der Waals surface area (Å²) in [4.78, 5) is 43.1. The fraction of sp³-hybridized carbons (Fsp3) is 0.640. The number of unbranched alkanes of at least 4 members (excludes halogenated alkanes) is 1. The maximum Gasteiger partial charge on any atom is 0.294 e. The molecule has 0 aromatic heterocycles. The lowest BCUT2D eigenvalue weighted by Crippen LogP contribution is -2.67. The molecule has 0 spiro atoms. The quantitative estimate of drug-likeness (QED) is 0.473. The maximum atomic E-state index is 13.3. The second-order valence-corrected chi connectivity index (χ2v) is 9.27. The van der Waals surface area contributed by atoms with Crippen LogP contribution >= 0.6 is 0 Å². The third-order valence-corrected chi connectivity index (χ3v) is 7.40. The molecule has 2 heterocycles. The van der Waals surface area contributed by atoms with E-state index in [-0.39, 0.29) is 11.9 Å². The Bertz CT molecular complexity index is 803. The number of fused-ring (bicyclic) bond motifs is 2. The van der Waals surface area contributed by atoms with Crippen molar-refractivity contribution in [1.29, 1.82) is 0 Å². The Morgan fingerprint density at radius 3 is 2.52 bits per heavy atom. The highest BCUT2D eigenvalue weighted by Gasteiger charge is 2.51. The minimum Gasteiger partial charge on any atom is -0.370 e. The van der Waals surface area contributed by atoms with Gasteiger partial charge in [0.15, 0.2) is 0 Å². The molecule has 0 N–H and O–H groups in total. The number of ketones is 1. The van der Waals surface area contributed by atoms with E-state index in [4.69, 9.17) is 4.74 Å². The number of benzene rings is 1. The van der Waals surface area contributed by atoms with Crippen molar-refractivity contribution in [2.24, 2.45) is 0 Å². The molecule has 2 unspecified atom stereocenters. The van der Waals surface area contributed by atoms with Crippen molar-refractivity contribution in [2.75, 3.05) is 20.2 Å². The molecule has 2 aliphatic heterocycles. The first-order valence-electron chi connectivity index (χ1n) is 11.8. The minimum atomic E-state index is -0.983. The van der Waals surface area contributed by atoms with Crippen LogP contribution in [-0.2, 0) is 25.5 Å². The zero-order chi connectivity index (χ0) is 21.8. The van der Waals surface area contributed by atoms with Crippen LogP contribution in [0.2, 0.25) is 0 Å². The topological polar surface area (TPSA) is 66.9 Å². The first-order chi connectivity index (χ1) is 15.1. The number of ether oxygens (including phenoxy) is 1. The van der Waals surface area contributed by atoms with Crippen molar-refractivity contribution in [1.82, 2.24) is 9.80 Å². The van der Waals surface area contributed by atoms with Gasteiger partial charge in [-0.2, -0.15) is 0 Å². The van der Waals surface area contributed by atoms with Crippen LogP contribution in [0.4, 0.5) is 0 Å². The molecule has 3 aliphatic rings. The number of carbonyl (C=O) groups excluding carboxylic acids is 3. The standard InChI is InChI=1S/C25H34N2O4/c1-31-25(15-6-7-16-25)22(28)24(30)27-20-13-9-14-21(27)23(29)26(18-20)17-8-5-12-19-10-3-2-4-11-19/h2-4,10-11,20-21H,5-9,12-18H2,1H3. The number of likely N-dealkylation sites (tertiary alicyclic amines) is 1. The Balaban J connectivity index is 1.37. The number of methoxy groups -OCH3 is 1. The van der Waals surface area contributed by atoms with E-state index in [2.05, 4.69) is 24.3 Å². The molecule has 1 saturated carbocycles. The average molecular weight is 427 g/mol. The zero-order valence-electron chi connectivity index (χ0n) is 18.6. The number of piperazine rings is 1. The molecule has 4 rings (SSSR count). The van der Waals surface area contributed by atoms with Gasteiger partial charge in [-0.3, -0.25) is 14.4 Å². The lowest BCUT2D eigenvalue weighted by Gasteiger charge is -2.49. The Morgan fingerprint density at radius 2 is 1.81 bits per heavy atom. The molecule has 3 fully saturated rings. The second-order valence-electron chi connectivity index (χ2n) is 9.27. The first kappa shape index (κ1) is 22.0. The van der Waals surface area contributed by atoms with Crippen LogP contribution in [0.3, 0.4) is 0 Å². The highest BCUT2D eigenvalue weighted by Crippen LogP contribution is 2.36. The normalized spacial score (nSPS) is 25.0. The Labute approximate surface area is 184 Å². The van der Waals surface area contributed by atoms with E-state index in [1.54, 1.807) is 4.90 Å². The molecule has 168 valence electrons. The van der Waals surface area contributed by atoms with Gasteiger partial charge in [0, 0.05) is 20.2 Å². The maximum absolute atomic E-state index is 13.3. The van der Waals surface area contributed by atoms with E-state index in [1.807, 2.05) is 11.0 Å². The van der Waals surface area contributed by atoms with Gasteiger partial charge in [0.05, 0.1) is 6.04 Å². The van der Waals surface area contributed by atoms with Gasteiger partial charge < -0.3 is 14.5 Å². The first-order valence-corrected chi connectivity index (χ1v) is 11.8. The highest BCUT2D eigenvalue weighted by atomic mass is 16.5. The van der Waals surface area contributed by atoms with E-state index in [0.29, 0.717) is 25.8 Å². The number of Topliss-reactive ketones (excluding diaryl/α,β-unsaturated/α-hetero) is 1. The van der Waals surface area contributed by atoms with Crippen LogP contribution in [0.25, 0.3) is 0 Å². The van der Waals surface area contributed by atoms with Crippen molar-refractivity contribution in [3.8, 4) is 0 Å². The van der Waals surface area contributed by atoms with Crippen molar-refractivity contribution in [2.45, 2.75) is 81.9 Å². The van der Waals surface area contributed by atoms with Gasteiger partial charge in [0.1, 0.15) is 11.6 Å². The Hall–Kier alpha value is -2.21. The van der Waals surface area contributed by atoms with Crippen LogP contribution in [-0.4, -0.2) is 65.3 Å². The van der Waals surface area contributed by atoms with Crippen LogP contribution in [0.15, 0.2) is 30.3 Å². The molecule has 31 heavy (non-hydrogen) atoms. The fourth-order valence-electron chi connectivity index (χ4n) is 5.62. The summed E-state index contributed by atoms with van der Waals surface area (Å²) in [5.41, 5.74) is 0.335. The lowest BCUT2D eigenvalue weighted by molar-refractivity contribution is -0.168. The fourth-order valence-corrected chi connectivity index (χ4v) is 5.62. The summed E-state index contributed by atoms with van der Waals surface area (Å²) < 4.78 is 5.55. The molecule has 6 heteroatoms. The summed E-state index contributed by atoms with van der Waals surface area (Å²) >= 11 is 0. The zero-order valence-corrected chi connectivity index (χ0v) is 18.6. The van der Waals surface area contributed by atoms with Gasteiger partial charge in [0.2, 0.25) is 5.91 Å². The molecular weight excluding hydrogens is 392 g/mol. The molecule has 2 amide bonds.